The van der Waals surface area contributed by atoms with Crippen LogP contribution < -0.4 is 10.6 Å². The standard InChI is InChI=1S/C20H23N5/c1-3-15-8-7-9-16(4-2)19(15)25-20-22-13-11-18(24-20)23-14-17-10-5-6-12-21-17/h5-13H,3-4,14H2,1-2H3,(H2,22,23,24,25). The molecular weight excluding hydrogens is 310 g/mol. The Morgan fingerprint density at radius 2 is 1.64 bits per heavy atom. The highest BCUT2D eigenvalue weighted by molar-refractivity contribution is 5.64. The molecule has 0 aliphatic rings. The summed E-state index contributed by atoms with van der Waals surface area (Å²) < 4.78 is 0. The molecule has 0 aliphatic heterocycles. The number of benzene rings is 1. The third-order valence-electron chi connectivity index (χ3n) is 4.07. The second-order valence-electron chi connectivity index (χ2n) is 5.72. The molecule has 0 radical (unpaired) electrons. The first-order valence-electron chi connectivity index (χ1n) is 8.64. The van der Waals surface area contributed by atoms with Gasteiger partial charge in [-0.25, -0.2) is 4.98 Å². The number of hydrogen-bond acceptors (Lipinski definition) is 5. The smallest absolute Gasteiger partial charge is 0.229 e. The van der Waals surface area contributed by atoms with Crippen LogP contribution in [-0.4, -0.2) is 15.0 Å². The van der Waals surface area contributed by atoms with E-state index >= 15 is 0 Å². The van der Waals surface area contributed by atoms with Crippen molar-refractivity contribution in [1.29, 1.82) is 0 Å². The quantitative estimate of drug-likeness (QED) is 0.673. The Morgan fingerprint density at radius 3 is 2.32 bits per heavy atom. The van der Waals surface area contributed by atoms with Crippen LogP contribution in [0.25, 0.3) is 0 Å². The monoisotopic (exact) mass is 333 g/mol. The highest BCUT2D eigenvalue weighted by atomic mass is 15.1. The van der Waals surface area contributed by atoms with E-state index in [2.05, 4.69) is 57.6 Å². The molecule has 0 saturated heterocycles. The Morgan fingerprint density at radius 1 is 0.840 bits per heavy atom. The van der Waals surface area contributed by atoms with Crippen LogP contribution in [-0.2, 0) is 19.4 Å². The van der Waals surface area contributed by atoms with Gasteiger partial charge in [0.15, 0.2) is 0 Å². The van der Waals surface area contributed by atoms with Gasteiger partial charge in [-0.15, -0.1) is 0 Å². The lowest BCUT2D eigenvalue weighted by Gasteiger charge is -2.14. The van der Waals surface area contributed by atoms with Gasteiger partial charge in [-0.3, -0.25) is 4.98 Å². The predicted octanol–water partition coefficient (Wildman–Crippen LogP) is 4.35. The summed E-state index contributed by atoms with van der Waals surface area (Å²) in [6, 6.07) is 14.1. The molecule has 5 nitrogen and oxygen atoms in total. The fourth-order valence-corrected chi connectivity index (χ4v) is 2.72. The average molecular weight is 333 g/mol. The van der Waals surface area contributed by atoms with Crippen molar-refractivity contribution in [1.82, 2.24) is 15.0 Å². The third-order valence-corrected chi connectivity index (χ3v) is 4.07. The van der Waals surface area contributed by atoms with Crippen molar-refractivity contribution >= 4 is 17.5 Å². The summed E-state index contributed by atoms with van der Waals surface area (Å²) in [7, 11) is 0. The highest BCUT2D eigenvalue weighted by Gasteiger charge is 2.08. The van der Waals surface area contributed by atoms with E-state index in [1.165, 1.54) is 11.1 Å². The van der Waals surface area contributed by atoms with Crippen molar-refractivity contribution in [3.63, 3.8) is 0 Å². The molecule has 0 amide bonds. The van der Waals surface area contributed by atoms with Gasteiger partial charge in [-0.1, -0.05) is 38.1 Å². The maximum Gasteiger partial charge on any atom is 0.229 e. The number of rotatable bonds is 7. The molecule has 0 bridgehead atoms. The molecule has 5 heteroatoms. The number of anilines is 3. The summed E-state index contributed by atoms with van der Waals surface area (Å²) in [5, 5.41) is 6.69. The van der Waals surface area contributed by atoms with Gasteiger partial charge in [0, 0.05) is 18.1 Å². The lowest BCUT2D eigenvalue weighted by molar-refractivity contribution is 1.02. The molecule has 0 aliphatic carbocycles. The number of pyridine rings is 1. The molecule has 2 aromatic heterocycles. The zero-order valence-electron chi connectivity index (χ0n) is 14.7. The van der Waals surface area contributed by atoms with Gasteiger partial charge in [0.1, 0.15) is 5.82 Å². The van der Waals surface area contributed by atoms with Gasteiger partial charge in [0.05, 0.1) is 12.2 Å². The molecule has 0 atom stereocenters. The van der Waals surface area contributed by atoms with Crippen LogP contribution in [0.5, 0.6) is 0 Å². The zero-order valence-corrected chi connectivity index (χ0v) is 14.7. The molecule has 0 saturated carbocycles. The Hall–Kier alpha value is -2.95. The van der Waals surface area contributed by atoms with E-state index in [-0.39, 0.29) is 0 Å². The van der Waals surface area contributed by atoms with Gasteiger partial charge in [0.2, 0.25) is 5.95 Å². The van der Waals surface area contributed by atoms with Crippen LogP contribution in [0, 0.1) is 0 Å². The van der Waals surface area contributed by atoms with E-state index in [0.717, 1.165) is 30.0 Å². The van der Waals surface area contributed by atoms with Crippen molar-refractivity contribution in [3.05, 3.63) is 71.7 Å². The number of nitrogens with zero attached hydrogens (tertiary/aromatic N) is 3. The molecule has 3 aromatic rings. The average Bonchev–Trinajstić information content (AvgIpc) is 2.67. The summed E-state index contributed by atoms with van der Waals surface area (Å²) >= 11 is 0. The topological polar surface area (TPSA) is 62.7 Å². The lowest BCUT2D eigenvalue weighted by Crippen LogP contribution is -2.07. The summed E-state index contributed by atoms with van der Waals surface area (Å²) in [6.07, 6.45) is 5.48. The fourth-order valence-electron chi connectivity index (χ4n) is 2.72. The van der Waals surface area contributed by atoms with Crippen LogP contribution in [0.1, 0.15) is 30.7 Å². The Balaban J connectivity index is 1.76. The number of hydrogen-bond donors (Lipinski definition) is 2. The molecule has 128 valence electrons. The number of para-hydroxylation sites is 1. The highest BCUT2D eigenvalue weighted by Crippen LogP contribution is 2.25. The Bertz CT molecular complexity index is 795. The second-order valence-corrected chi connectivity index (χ2v) is 5.72. The van der Waals surface area contributed by atoms with Gasteiger partial charge >= 0.3 is 0 Å². The van der Waals surface area contributed by atoms with E-state index in [1.54, 1.807) is 12.4 Å². The van der Waals surface area contributed by atoms with Crippen LogP contribution in [0.4, 0.5) is 17.5 Å². The first-order chi connectivity index (χ1) is 12.3. The van der Waals surface area contributed by atoms with E-state index in [1.807, 2.05) is 24.3 Å². The number of nitrogens with one attached hydrogen (secondary N) is 2. The van der Waals surface area contributed by atoms with Gasteiger partial charge in [-0.05, 0) is 42.2 Å². The SMILES string of the molecule is CCc1cccc(CC)c1Nc1nccc(NCc2ccccn2)n1. The van der Waals surface area contributed by atoms with E-state index in [4.69, 9.17) is 0 Å². The molecule has 2 N–H and O–H groups in total. The van der Waals surface area contributed by atoms with Crippen molar-refractivity contribution in [2.45, 2.75) is 33.2 Å². The second kappa shape index (κ2) is 8.24. The van der Waals surface area contributed by atoms with E-state index < -0.39 is 0 Å². The first-order valence-corrected chi connectivity index (χ1v) is 8.64. The first kappa shape index (κ1) is 16.9. The Labute approximate surface area is 148 Å². The summed E-state index contributed by atoms with van der Waals surface area (Å²) in [4.78, 5) is 13.2. The third kappa shape index (κ3) is 4.32. The maximum absolute atomic E-state index is 4.57. The minimum Gasteiger partial charge on any atom is -0.364 e. The maximum atomic E-state index is 4.57. The number of aromatic nitrogens is 3. The van der Waals surface area contributed by atoms with E-state index in [0.29, 0.717) is 12.5 Å². The molecule has 2 heterocycles. The molecule has 0 fully saturated rings. The minimum absolute atomic E-state index is 0.599. The fraction of sp³-hybridized carbons (Fsp3) is 0.250. The lowest BCUT2D eigenvalue weighted by atomic mass is 10.0. The van der Waals surface area contributed by atoms with E-state index in [9.17, 15) is 0 Å². The molecule has 0 unspecified atom stereocenters. The summed E-state index contributed by atoms with van der Waals surface area (Å²) in [5.41, 5.74) is 4.64. The predicted molar refractivity (Wildman–Crippen MR) is 102 cm³/mol. The molecular formula is C20H23N5. The Kier molecular flexibility index (Phi) is 5.57. The summed E-state index contributed by atoms with van der Waals surface area (Å²) in [6.45, 7) is 4.94. The normalized spacial score (nSPS) is 10.5. The van der Waals surface area contributed by atoms with Crippen LogP contribution in [0.2, 0.25) is 0 Å². The molecule has 0 spiro atoms. The van der Waals surface area contributed by atoms with Crippen molar-refractivity contribution < 1.29 is 0 Å². The van der Waals surface area contributed by atoms with Gasteiger partial charge in [0.25, 0.3) is 0 Å². The largest absolute Gasteiger partial charge is 0.364 e. The molecule has 25 heavy (non-hydrogen) atoms. The van der Waals surface area contributed by atoms with Crippen LogP contribution >= 0.6 is 0 Å². The van der Waals surface area contributed by atoms with Crippen molar-refractivity contribution in [2.75, 3.05) is 10.6 Å². The molecule has 1 aromatic carbocycles. The molecule has 3 rings (SSSR count). The van der Waals surface area contributed by atoms with Gasteiger partial charge < -0.3 is 10.6 Å². The van der Waals surface area contributed by atoms with Crippen molar-refractivity contribution in [2.24, 2.45) is 0 Å². The van der Waals surface area contributed by atoms with Crippen LogP contribution in [0.3, 0.4) is 0 Å². The minimum atomic E-state index is 0.599. The number of aryl methyl sites for hydroxylation is 2. The van der Waals surface area contributed by atoms with Gasteiger partial charge in [-0.2, -0.15) is 4.98 Å². The zero-order chi connectivity index (χ0) is 17.5. The van der Waals surface area contributed by atoms with Crippen LogP contribution in [0.15, 0.2) is 54.9 Å². The van der Waals surface area contributed by atoms with Crippen molar-refractivity contribution in [3.8, 4) is 0 Å². The summed E-state index contributed by atoms with van der Waals surface area (Å²) in [5.74, 6) is 1.37.